The predicted molar refractivity (Wildman–Crippen MR) is 75.6 cm³/mol. The Kier molecular flexibility index (Phi) is 4.22. The van der Waals surface area contributed by atoms with Crippen LogP contribution in [-0.4, -0.2) is 22.0 Å². The van der Waals surface area contributed by atoms with Gasteiger partial charge in [-0.15, -0.1) is 0 Å². The van der Waals surface area contributed by atoms with Crippen molar-refractivity contribution in [3.05, 3.63) is 57.8 Å². The fraction of sp³-hybridized carbons (Fsp3) is 0. The summed E-state index contributed by atoms with van der Waals surface area (Å²) in [6, 6.07) is 7.05. The molecule has 0 radical (unpaired) electrons. The molecule has 0 atom stereocenters. The number of amides is 1. The maximum atomic E-state index is 12.0. The van der Waals surface area contributed by atoms with Gasteiger partial charge in [0.15, 0.2) is 0 Å². The monoisotopic (exact) mass is 310 g/mol. The highest BCUT2D eigenvalue weighted by atomic mass is 35.5. The summed E-state index contributed by atoms with van der Waals surface area (Å²) in [5.41, 5.74) is 0.161. The Morgan fingerprint density at radius 1 is 1.10 bits per heavy atom. The Morgan fingerprint density at radius 3 is 2.40 bits per heavy atom. The zero-order valence-corrected chi connectivity index (χ0v) is 11.4. The number of carbonyl (C=O) groups excluding carboxylic acids is 1. The highest BCUT2D eigenvalue weighted by molar-refractivity contribution is 6.31. The summed E-state index contributed by atoms with van der Waals surface area (Å²) in [6.07, 6.45) is 1.33. The molecule has 0 aliphatic carbocycles. The molecule has 0 fully saturated rings. The Labute approximate surface area is 124 Å². The number of pyridine rings is 1. The van der Waals surface area contributed by atoms with Gasteiger partial charge in [0.1, 0.15) is 5.69 Å². The largest absolute Gasteiger partial charge is 0.478 e. The van der Waals surface area contributed by atoms with E-state index < -0.39 is 11.9 Å². The summed E-state index contributed by atoms with van der Waals surface area (Å²) in [5.74, 6) is -1.72. The van der Waals surface area contributed by atoms with Crippen molar-refractivity contribution in [3.8, 4) is 0 Å². The van der Waals surface area contributed by atoms with E-state index in [0.29, 0.717) is 10.0 Å². The van der Waals surface area contributed by atoms with Crippen molar-refractivity contribution in [2.24, 2.45) is 0 Å². The Bertz CT molecular complexity index is 672. The number of rotatable bonds is 3. The molecule has 0 unspecified atom stereocenters. The number of halogens is 2. The molecule has 2 N–H and O–H groups in total. The molecule has 0 bridgehead atoms. The van der Waals surface area contributed by atoms with Gasteiger partial charge in [-0.05, 0) is 30.3 Å². The second kappa shape index (κ2) is 5.90. The number of hydrogen-bond acceptors (Lipinski definition) is 3. The summed E-state index contributed by atoms with van der Waals surface area (Å²) in [7, 11) is 0. The SMILES string of the molecule is O=C(Nc1cc(Cl)ccc1C(=O)O)c1ccc(Cl)cn1. The number of benzene rings is 1. The first-order valence-electron chi connectivity index (χ1n) is 5.43. The standard InChI is InChI=1S/C13H8Cl2N2O3/c14-7-1-3-9(13(19)20)11(5-7)17-12(18)10-4-2-8(15)6-16-10/h1-6H,(H,17,18)(H,19,20). The van der Waals surface area contributed by atoms with Crippen molar-refractivity contribution in [2.75, 3.05) is 5.32 Å². The van der Waals surface area contributed by atoms with Gasteiger partial charge in [0.2, 0.25) is 0 Å². The lowest BCUT2D eigenvalue weighted by atomic mass is 10.1. The smallest absolute Gasteiger partial charge is 0.337 e. The van der Waals surface area contributed by atoms with Crippen LogP contribution in [-0.2, 0) is 0 Å². The molecule has 2 aromatic rings. The maximum Gasteiger partial charge on any atom is 0.337 e. The molecule has 7 heteroatoms. The summed E-state index contributed by atoms with van der Waals surface area (Å²) in [6.45, 7) is 0. The fourth-order valence-corrected chi connectivity index (χ4v) is 1.79. The Morgan fingerprint density at radius 2 is 1.80 bits per heavy atom. The van der Waals surface area contributed by atoms with Gasteiger partial charge in [-0.1, -0.05) is 23.2 Å². The first-order valence-corrected chi connectivity index (χ1v) is 6.18. The zero-order valence-electron chi connectivity index (χ0n) is 9.93. The van der Waals surface area contributed by atoms with E-state index in [1.807, 2.05) is 0 Å². The third kappa shape index (κ3) is 3.26. The number of nitrogens with zero attached hydrogens (tertiary/aromatic N) is 1. The first kappa shape index (κ1) is 14.3. The molecule has 0 aliphatic rings. The van der Waals surface area contributed by atoms with E-state index in [2.05, 4.69) is 10.3 Å². The van der Waals surface area contributed by atoms with E-state index in [1.54, 1.807) is 0 Å². The molecule has 1 heterocycles. The number of carbonyl (C=O) groups is 2. The highest BCUT2D eigenvalue weighted by Crippen LogP contribution is 2.21. The molecule has 0 saturated heterocycles. The van der Waals surface area contributed by atoms with Crippen molar-refractivity contribution in [3.63, 3.8) is 0 Å². The van der Waals surface area contributed by atoms with Gasteiger partial charge in [-0.2, -0.15) is 0 Å². The van der Waals surface area contributed by atoms with Crippen molar-refractivity contribution < 1.29 is 14.7 Å². The average molecular weight is 311 g/mol. The molecule has 5 nitrogen and oxygen atoms in total. The minimum atomic E-state index is -1.17. The molecular formula is C13H8Cl2N2O3. The number of aromatic carboxylic acids is 1. The molecule has 0 aliphatic heterocycles. The van der Waals surface area contributed by atoms with Crippen LogP contribution in [0.4, 0.5) is 5.69 Å². The minimum Gasteiger partial charge on any atom is -0.478 e. The van der Waals surface area contributed by atoms with E-state index in [-0.39, 0.29) is 16.9 Å². The van der Waals surface area contributed by atoms with Gasteiger partial charge in [0.25, 0.3) is 5.91 Å². The van der Waals surface area contributed by atoms with Crippen LogP contribution < -0.4 is 5.32 Å². The van der Waals surface area contributed by atoms with E-state index >= 15 is 0 Å². The molecule has 2 rings (SSSR count). The average Bonchev–Trinajstić information content (AvgIpc) is 2.39. The van der Waals surface area contributed by atoms with Gasteiger partial charge in [0, 0.05) is 11.2 Å². The Balaban J connectivity index is 2.29. The van der Waals surface area contributed by atoms with Crippen LogP contribution in [0.1, 0.15) is 20.8 Å². The third-order valence-corrected chi connectivity index (χ3v) is 2.88. The second-order valence-corrected chi connectivity index (χ2v) is 4.68. The quantitative estimate of drug-likeness (QED) is 0.911. The fourth-order valence-electron chi connectivity index (χ4n) is 1.50. The van der Waals surface area contributed by atoms with Crippen LogP contribution in [0.5, 0.6) is 0 Å². The lowest BCUT2D eigenvalue weighted by Gasteiger charge is -2.08. The minimum absolute atomic E-state index is 0.0586. The summed E-state index contributed by atoms with van der Waals surface area (Å²) in [5, 5.41) is 12.2. The van der Waals surface area contributed by atoms with Gasteiger partial charge in [0.05, 0.1) is 16.3 Å². The van der Waals surface area contributed by atoms with E-state index in [0.717, 1.165) is 0 Å². The van der Waals surface area contributed by atoms with Crippen LogP contribution in [0, 0.1) is 0 Å². The van der Waals surface area contributed by atoms with E-state index in [1.165, 1.54) is 36.5 Å². The molecule has 1 aromatic carbocycles. The topological polar surface area (TPSA) is 79.3 Å². The summed E-state index contributed by atoms with van der Waals surface area (Å²) in [4.78, 5) is 26.9. The molecule has 0 spiro atoms. The molecular weight excluding hydrogens is 303 g/mol. The lowest BCUT2D eigenvalue weighted by Crippen LogP contribution is -2.16. The highest BCUT2D eigenvalue weighted by Gasteiger charge is 2.14. The summed E-state index contributed by atoms with van der Waals surface area (Å²) >= 11 is 11.5. The van der Waals surface area contributed by atoms with E-state index in [9.17, 15) is 9.59 Å². The predicted octanol–water partition coefficient (Wildman–Crippen LogP) is 3.34. The van der Waals surface area contributed by atoms with Gasteiger partial charge in [-0.3, -0.25) is 4.79 Å². The van der Waals surface area contributed by atoms with Crippen molar-refractivity contribution in [1.29, 1.82) is 0 Å². The number of anilines is 1. The molecule has 1 amide bonds. The van der Waals surface area contributed by atoms with E-state index in [4.69, 9.17) is 28.3 Å². The Hall–Kier alpha value is -2.11. The lowest BCUT2D eigenvalue weighted by molar-refractivity contribution is 0.0698. The number of nitrogens with one attached hydrogen (secondary N) is 1. The van der Waals surface area contributed by atoms with Crippen LogP contribution in [0.2, 0.25) is 10.0 Å². The molecule has 1 aromatic heterocycles. The third-order valence-electron chi connectivity index (χ3n) is 2.42. The van der Waals surface area contributed by atoms with Gasteiger partial charge < -0.3 is 10.4 Å². The first-order chi connectivity index (χ1) is 9.47. The van der Waals surface area contributed by atoms with Crippen molar-refractivity contribution in [2.45, 2.75) is 0 Å². The molecule has 102 valence electrons. The second-order valence-electron chi connectivity index (χ2n) is 3.81. The number of aromatic nitrogens is 1. The van der Waals surface area contributed by atoms with Crippen LogP contribution in [0.3, 0.4) is 0 Å². The summed E-state index contributed by atoms with van der Waals surface area (Å²) < 4.78 is 0. The zero-order chi connectivity index (χ0) is 14.7. The number of carboxylic acid groups (broad SMARTS) is 1. The number of hydrogen-bond donors (Lipinski definition) is 2. The molecule has 20 heavy (non-hydrogen) atoms. The maximum absolute atomic E-state index is 12.0. The van der Waals surface area contributed by atoms with Gasteiger partial charge in [-0.25, -0.2) is 9.78 Å². The van der Waals surface area contributed by atoms with Crippen LogP contribution >= 0.6 is 23.2 Å². The van der Waals surface area contributed by atoms with Crippen LogP contribution in [0.25, 0.3) is 0 Å². The van der Waals surface area contributed by atoms with Crippen LogP contribution in [0.15, 0.2) is 36.5 Å². The molecule has 0 saturated carbocycles. The van der Waals surface area contributed by atoms with Gasteiger partial charge >= 0.3 is 5.97 Å². The number of carboxylic acids is 1. The normalized spacial score (nSPS) is 10.1. The van der Waals surface area contributed by atoms with Crippen molar-refractivity contribution in [1.82, 2.24) is 4.98 Å². The van der Waals surface area contributed by atoms with Crippen molar-refractivity contribution >= 4 is 40.8 Å².